The zero-order valence-corrected chi connectivity index (χ0v) is 14.2. The maximum absolute atomic E-state index is 12.8. The third kappa shape index (κ3) is 4.53. The van der Waals surface area contributed by atoms with Gasteiger partial charge in [-0.15, -0.1) is 0 Å². The molecule has 1 saturated heterocycles. The van der Waals surface area contributed by atoms with Gasteiger partial charge in [0.25, 0.3) is 5.91 Å². The lowest BCUT2D eigenvalue weighted by atomic mass is 10.2. The van der Waals surface area contributed by atoms with Gasteiger partial charge in [0.2, 0.25) is 0 Å². The summed E-state index contributed by atoms with van der Waals surface area (Å²) in [4.78, 5) is 18.6. The van der Waals surface area contributed by atoms with E-state index in [0.29, 0.717) is 30.2 Å². The van der Waals surface area contributed by atoms with Crippen molar-refractivity contribution in [3.8, 4) is 0 Å². The van der Waals surface area contributed by atoms with Gasteiger partial charge in [0.1, 0.15) is 5.69 Å². The van der Waals surface area contributed by atoms with E-state index in [2.05, 4.69) is 10.3 Å². The molecule has 0 radical (unpaired) electrons. The molecule has 3 rings (SSSR count). The van der Waals surface area contributed by atoms with E-state index in [0.717, 1.165) is 37.8 Å². The maximum atomic E-state index is 12.8. The number of carbonyl (C=O) groups is 1. The summed E-state index contributed by atoms with van der Waals surface area (Å²) in [6.45, 7) is 1.43. The highest BCUT2D eigenvalue weighted by atomic mass is 19.4. The monoisotopic (exact) mass is 363 g/mol. The van der Waals surface area contributed by atoms with Crippen LogP contribution in [0.15, 0.2) is 42.6 Å². The Kier molecular flexibility index (Phi) is 5.44. The minimum atomic E-state index is -4.40. The molecule has 1 aliphatic rings. The number of aromatic nitrogens is 1. The Hall–Kier alpha value is -2.57. The predicted octanol–water partition coefficient (Wildman–Crippen LogP) is 4.86. The fraction of sp³-hybridized carbons (Fsp3) is 0.368. The highest BCUT2D eigenvalue weighted by molar-refractivity contribution is 5.93. The summed E-state index contributed by atoms with van der Waals surface area (Å²) < 4.78 is 38.5. The van der Waals surface area contributed by atoms with Crippen molar-refractivity contribution >= 4 is 17.3 Å². The van der Waals surface area contributed by atoms with Crippen LogP contribution < -0.4 is 5.32 Å². The molecule has 26 heavy (non-hydrogen) atoms. The molecule has 1 aromatic carbocycles. The number of amides is 1. The normalized spacial score (nSPS) is 15.4. The average Bonchev–Trinajstić information content (AvgIpc) is 2.90. The molecule has 2 aromatic rings. The fourth-order valence-corrected chi connectivity index (χ4v) is 3.00. The lowest BCUT2D eigenvalue weighted by Gasteiger charge is -2.20. The molecule has 1 amide bonds. The number of alkyl halides is 3. The van der Waals surface area contributed by atoms with Crippen molar-refractivity contribution < 1.29 is 18.0 Å². The summed E-state index contributed by atoms with van der Waals surface area (Å²) in [6, 6.07) is 8.15. The van der Waals surface area contributed by atoms with E-state index in [1.165, 1.54) is 12.3 Å². The van der Waals surface area contributed by atoms with E-state index < -0.39 is 11.7 Å². The van der Waals surface area contributed by atoms with Crippen molar-refractivity contribution in [1.82, 2.24) is 9.88 Å². The molecule has 138 valence electrons. The van der Waals surface area contributed by atoms with Crippen LogP contribution in [0.1, 0.15) is 41.7 Å². The van der Waals surface area contributed by atoms with Crippen LogP contribution in [0.4, 0.5) is 24.5 Å². The van der Waals surface area contributed by atoms with Crippen molar-refractivity contribution in [2.75, 3.05) is 18.4 Å². The van der Waals surface area contributed by atoms with Crippen LogP contribution in [0.5, 0.6) is 0 Å². The van der Waals surface area contributed by atoms with Gasteiger partial charge in [-0.25, -0.2) is 0 Å². The van der Waals surface area contributed by atoms with Gasteiger partial charge in [0, 0.05) is 30.7 Å². The number of carbonyl (C=O) groups excluding carboxylic acids is 1. The minimum absolute atomic E-state index is 0.139. The first kappa shape index (κ1) is 18.2. The summed E-state index contributed by atoms with van der Waals surface area (Å²) in [5, 5.41) is 2.92. The SMILES string of the molecule is O=C(c1cc(Nc2cccc(C(F)(F)F)c2)ccn1)N1CCCCCC1. The summed E-state index contributed by atoms with van der Waals surface area (Å²) in [6.07, 6.45) is 1.29. The second-order valence-electron chi connectivity index (χ2n) is 6.34. The van der Waals surface area contributed by atoms with Crippen LogP contribution in [-0.2, 0) is 6.18 Å². The van der Waals surface area contributed by atoms with Gasteiger partial charge in [-0.1, -0.05) is 18.9 Å². The number of pyridine rings is 1. The fourth-order valence-electron chi connectivity index (χ4n) is 3.00. The Morgan fingerprint density at radius 1 is 1.00 bits per heavy atom. The van der Waals surface area contributed by atoms with Gasteiger partial charge < -0.3 is 10.2 Å². The molecule has 1 fully saturated rings. The maximum Gasteiger partial charge on any atom is 0.416 e. The molecule has 0 saturated carbocycles. The largest absolute Gasteiger partial charge is 0.416 e. The number of hydrogen-bond acceptors (Lipinski definition) is 3. The molecule has 1 aromatic heterocycles. The highest BCUT2D eigenvalue weighted by Gasteiger charge is 2.30. The number of likely N-dealkylation sites (tertiary alicyclic amines) is 1. The van der Waals surface area contributed by atoms with Crippen LogP contribution in [0.2, 0.25) is 0 Å². The first-order valence-corrected chi connectivity index (χ1v) is 8.63. The standard InChI is InChI=1S/C19H20F3N3O/c20-19(21,22)14-6-5-7-15(12-14)24-16-8-9-23-17(13-16)18(26)25-10-3-1-2-4-11-25/h5-9,12-13H,1-4,10-11H2,(H,23,24). The van der Waals surface area contributed by atoms with E-state index in [9.17, 15) is 18.0 Å². The molecule has 0 atom stereocenters. The van der Waals surface area contributed by atoms with E-state index in [4.69, 9.17) is 0 Å². The smallest absolute Gasteiger partial charge is 0.355 e. The molecule has 0 aliphatic carbocycles. The molecule has 2 heterocycles. The molecule has 1 aliphatic heterocycles. The third-order valence-electron chi connectivity index (χ3n) is 4.35. The van der Waals surface area contributed by atoms with E-state index in [1.807, 2.05) is 0 Å². The number of anilines is 2. The lowest BCUT2D eigenvalue weighted by Crippen LogP contribution is -2.32. The number of rotatable bonds is 3. The van der Waals surface area contributed by atoms with Crippen LogP contribution >= 0.6 is 0 Å². The Morgan fingerprint density at radius 3 is 2.38 bits per heavy atom. The molecular weight excluding hydrogens is 343 g/mol. The predicted molar refractivity (Wildman–Crippen MR) is 93.3 cm³/mol. The molecule has 0 bridgehead atoms. The minimum Gasteiger partial charge on any atom is -0.355 e. The Labute approximate surface area is 150 Å². The topological polar surface area (TPSA) is 45.2 Å². The number of nitrogens with one attached hydrogen (secondary N) is 1. The lowest BCUT2D eigenvalue weighted by molar-refractivity contribution is -0.137. The Morgan fingerprint density at radius 2 is 1.69 bits per heavy atom. The van der Waals surface area contributed by atoms with Gasteiger partial charge >= 0.3 is 6.18 Å². The molecule has 4 nitrogen and oxygen atoms in total. The zero-order chi connectivity index (χ0) is 18.6. The quantitative estimate of drug-likeness (QED) is 0.847. The number of benzene rings is 1. The summed E-state index contributed by atoms with van der Waals surface area (Å²) in [5.41, 5.74) is 0.401. The van der Waals surface area contributed by atoms with E-state index in [1.54, 1.807) is 23.1 Å². The summed E-state index contributed by atoms with van der Waals surface area (Å²) in [7, 11) is 0. The number of hydrogen-bond donors (Lipinski definition) is 1. The Bertz CT molecular complexity index is 769. The van der Waals surface area contributed by atoms with Gasteiger partial charge in [-0.05, 0) is 43.2 Å². The molecule has 0 unspecified atom stereocenters. The molecular formula is C19H20F3N3O. The first-order chi connectivity index (χ1) is 12.4. The van der Waals surface area contributed by atoms with Crippen LogP contribution in [0, 0.1) is 0 Å². The second-order valence-corrected chi connectivity index (χ2v) is 6.34. The average molecular weight is 363 g/mol. The third-order valence-corrected chi connectivity index (χ3v) is 4.35. The first-order valence-electron chi connectivity index (χ1n) is 8.63. The van der Waals surface area contributed by atoms with Crippen molar-refractivity contribution in [3.05, 3.63) is 53.9 Å². The summed E-state index contributed by atoms with van der Waals surface area (Å²) >= 11 is 0. The summed E-state index contributed by atoms with van der Waals surface area (Å²) in [5.74, 6) is -0.139. The van der Waals surface area contributed by atoms with Gasteiger partial charge in [0.15, 0.2) is 0 Å². The van der Waals surface area contributed by atoms with Crippen molar-refractivity contribution in [2.24, 2.45) is 0 Å². The zero-order valence-electron chi connectivity index (χ0n) is 14.2. The van der Waals surface area contributed by atoms with Gasteiger partial charge in [-0.3, -0.25) is 9.78 Å². The van der Waals surface area contributed by atoms with Crippen LogP contribution in [-0.4, -0.2) is 28.9 Å². The van der Waals surface area contributed by atoms with E-state index in [-0.39, 0.29) is 5.91 Å². The molecule has 0 spiro atoms. The van der Waals surface area contributed by atoms with E-state index >= 15 is 0 Å². The van der Waals surface area contributed by atoms with Gasteiger partial charge in [-0.2, -0.15) is 13.2 Å². The number of halogens is 3. The molecule has 7 heteroatoms. The van der Waals surface area contributed by atoms with Gasteiger partial charge in [0.05, 0.1) is 5.56 Å². The number of nitrogens with zero attached hydrogens (tertiary/aromatic N) is 2. The van der Waals surface area contributed by atoms with Crippen molar-refractivity contribution in [2.45, 2.75) is 31.9 Å². The Balaban J connectivity index is 1.76. The highest BCUT2D eigenvalue weighted by Crippen LogP contribution is 2.31. The van der Waals surface area contributed by atoms with Crippen molar-refractivity contribution in [3.63, 3.8) is 0 Å². The second kappa shape index (κ2) is 7.76. The van der Waals surface area contributed by atoms with Crippen LogP contribution in [0.25, 0.3) is 0 Å². The molecule has 1 N–H and O–H groups in total. The van der Waals surface area contributed by atoms with Crippen LogP contribution in [0.3, 0.4) is 0 Å². The van der Waals surface area contributed by atoms with Crippen molar-refractivity contribution in [1.29, 1.82) is 0 Å².